The van der Waals surface area contributed by atoms with Crippen LogP contribution in [0, 0.1) is 0 Å². The summed E-state index contributed by atoms with van der Waals surface area (Å²) in [6.07, 6.45) is -16.5. The zero-order chi connectivity index (χ0) is 17.2. The molecule has 1 saturated heterocycles. The number of aliphatic carboxylic acids is 1. The van der Waals surface area contributed by atoms with Gasteiger partial charge < -0.3 is 45.6 Å². The normalized spacial score (nSPS) is 34.5. The minimum Gasteiger partial charge on any atom is -0.479 e. The van der Waals surface area contributed by atoms with Crippen LogP contribution in [-0.4, -0.2) is 108 Å². The molecule has 0 bridgehead atoms. The third-order valence-corrected chi connectivity index (χ3v) is 3.32. The first-order chi connectivity index (χ1) is 10.1. The number of hydrogen-bond donors (Lipinski definition) is 8. The van der Waals surface area contributed by atoms with Gasteiger partial charge in [0, 0.05) is 0 Å². The van der Waals surface area contributed by atoms with Crippen LogP contribution in [0.25, 0.3) is 0 Å². The first-order valence-electron chi connectivity index (χ1n) is 6.24. The third kappa shape index (κ3) is 3.77. The molecule has 0 aromatic carbocycles. The lowest BCUT2D eigenvalue weighted by atomic mass is 9.91. The van der Waals surface area contributed by atoms with E-state index in [1.807, 2.05) is 0 Å². The summed E-state index contributed by atoms with van der Waals surface area (Å²) in [6.45, 7) is -0.530. The van der Waals surface area contributed by atoms with Crippen LogP contribution < -0.4 is 0 Å². The van der Waals surface area contributed by atoms with Crippen molar-refractivity contribution >= 4 is 11.8 Å². The Balaban J connectivity index is 2.77. The Morgan fingerprint density at radius 2 is 1.41 bits per heavy atom. The summed E-state index contributed by atoms with van der Waals surface area (Å²) in [7, 11) is 0. The van der Waals surface area contributed by atoms with Gasteiger partial charge in [0.1, 0.15) is 42.7 Å². The molecular formula is C11H18O11. The fraction of sp³-hybridized carbons (Fsp3) is 0.818. The van der Waals surface area contributed by atoms with Gasteiger partial charge in [-0.1, -0.05) is 0 Å². The Kier molecular flexibility index (Phi) is 6.34. The first-order valence-corrected chi connectivity index (χ1v) is 6.24. The van der Waals surface area contributed by atoms with E-state index in [1.165, 1.54) is 0 Å². The minimum absolute atomic E-state index is 0.530. The van der Waals surface area contributed by atoms with Gasteiger partial charge in [0.05, 0.1) is 6.61 Å². The number of carbonyl (C=O) groups is 2. The Morgan fingerprint density at radius 3 is 1.91 bits per heavy atom. The quantitative estimate of drug-likeness (QED) is 0.231. The second-order valence-corrected chi connectivity index (χ2v) is 4.91. The summed E-state index contributed by atoms with van der Waals surface area (Å²) in [6, 6.07) is 0. The highest BCUT2D eigenvalue weighted by Crippen LogP contribution is 2.19. The van der Waals surface area contributed by atoms with E-state index in [9.17, 15) is 40.2 Å². The molecule has 0 amide bonds. The molecular weight excluding hydrogens is 308 g/mol. The zero-order valence-corrected chi connectivity index (χ0v) is 11.1. The fourth-order valence-corrected chi connectivity index (χ4v) is 1.91. The molecule has 1 rings (SSSR count). The largest absolute Gasteiger partial charge is 0.479 e. The maximum atomic E-state index is 11.9. The Hall–Kier alpha value is -1.18. The summed E-state index contributed by atoms with van der Waals surface area (Å²) in [5.41, 5.74) is 0. The number of carbonyl (C=O) groups excluding carboxylic acids is 1. The number of aliphatic hydroxyl groups excluding tert-OH is 7. The number of carboxylic acids is 1. The SMILES string of the molecule is O=C(O)[C@@H](O)[C@@H](O)[C@H](O)[C@@H](O)C(=O)C1OC[C@@H](O)[C@@H](O)[C@@H]1O. The average Bonchev–Trinajstić information content (AvgIpc) is 2.49. The van der Waals surface area contributed by atoms with Crippen molar-refractivity contribution in [1.82, 2.24) is 0 Å². The summed E-state index contributed by atoms with van der Waals surface area (Å²) < 4.78 is 4.75. The molecule has 0 aromatic rings. The van der Waals surface area contributed by atoms with E-state index in [1.54, 1.807) is 0 Å². The number of carboxylic acid groups (broad SMARTS) is 1. The van der Waals surface area contributed by atoms with Gasteiger partial charge in [-0.3, -0.25) is 4.79 Å². The first kappa shape index (κ1) is 18.9. The van der Waals surface area contributed by atoms with E-state index in [0.29, 0.717) is 0 Å². The lowest BCUT2D eigenvalue weighted by Crippen LogP contribution is -2.60. The highest BCUT2D eigenvalue weighted by Gasteiger charge is 2.46. The van der Waals surface area contributed by atoms with E-state index in [0.717, 1.165) is 0 Å². The summed E-state index contributed by atoms with van der Waals surface area (Å²) in [5.74, 6) is -3.25. The van der Waals surface area contributed by atoms with Gasteiger partial charge >= 0.3 is 5.97 Å². The van der Waals surface area contributed by atoms with Crippen LogP contribution in [-0.2, 0) is 14.3 Å². The number of aliphatic hydroxyl groups is 7. The van der Waals surface area contributed by atoms with E-state index in [2.05, 4.69) is 0 Å². The van der Waals surface area contributed by atoms with Crippen LogP contribution in [0.5, 0.6) is 0 Å². The Morgan fingerprint density at radius 1 is 0.909 bits per heavy atom. The monoisotopic (exact) mass is 326 g/mol. The predicted octanol–water partition coefficient (Wildman–Crippen LogP) is -5.43. The number of ether oxygens (including phenoxy) is 1. The molecule has 1 aliphatic heterocycles. The molecule has 0 spiro atoms. The molecule has 128 valence electrons. The van der Waals surface area contributed by atoms with Crippen LogP contribution in [0.2, 0.25) is 0 Å². The lowest BCUT2D eigenvalue weighted by Gasteiger charge is -2.36. The highest BCUT2D eigenvalue weighted by molar-refractivity contribution is 5.88. The van der Waals surface area contributed by atoms with Gasteiger partial charge in [0.15, 0.2) is 11.9 Å². The van der Waals surface area contributed by atoms with Gasteiger partial charge in [0.2, 0.25) is 0 Å². The van der Waals surface area contributed by atoms with E-state index < -0.39 is 67.2 Å². The molecule has 11 heteroatoms. The van der Waals surface area contributed by atoms with Crippen LogP contribution >= 0.6 is 0 Å². The van der Waals surface area contributed by atoms with Crippen LogP contribution in [0.1, 0.15) is 0 Å². The van der Waals surface area contributed by atoms with Gasteiger partial charge in [-0.05, 0) is 0 Å². The fourth-order valence-electron chi connectivity index (χ4n) is 1.91. The number of hydrogen-bond acceptors (Lipinski definition) is 10. The molecule has 0 aliphatic carbocycles. The predicted molar refractivity (Wildman–Crippen MR) is 64.4 cm³/mol. The molecule has 8 N–H and O–H groups in total. The molecule has 1 heterocycles. The van der Waals surface area contributed by atoms with Gasteiger partial charge in [0.25, 0.3) is 0 Å². The molecule has 22 heavy (non-hydrogen) atoms. The maximum absolute atomic E-state index is 11.9. The molecule has 11 nitrogen and oxygen atoms in total. The maximum Gasteiger partial charge on any atom is 0.335 e. The summed E-state index contributed by atoms with van der Waals surface area (Å²) >= 11 is 0. The lowest BCUT2D eigenvalue weighted by molar-refractivity contribution is -0.200. The number of Topliss-reactive ketones (excluding diaryl/α,β-unsaturated/α-hetero) is 1. The zero-order valence-electron chi connectivity index (χ0n) is 11.1. The Bertz CT molecular complexity index is 413. The molecule has 0 radical (unpaired) electrons. The smallest absolute Gasteiger partial charge is 0.335 e. The number of ketones is 1. The topological polar surface area (TPSA) is 205 Å². The van der Waals surface area contributed by atoms with E-state index >= 15 is 0 Å². The summed E-state index contributed by atoms with van der Waals surface area (Å²) in [4.78, 5) is 22.3. The molecule has 0 saturated carbocycles. The highest BCUT2D eigenvalue weighted by atomic mass is 16.5. The standard InChI is InChI=1S/C11H18O11/c12-2-1-22-10(7(17)3(2)13)8(18)5(15)4(14)6(16)9(19)11(20)21/h2-7,9-10,12-17,19H,1H2,(H,20,21)/t2-,3-,4-,5-,6+,7+,9+,10?/m1/s1. The molecule has 1 fully saturated rings. The van der Waals surface area contributed by atoms with Crippen LogP contribution in [0.4, 0.5) is 0 Å². The van der Waals surface area contributed by atoms with Crippen molar-refractivity contribution in [2.45, 2.75) is 48.8 Å². The third-order valence-electron chi connectivity index (χ3n) is 3.32. The van der Waals surface area contributed by atoms with Gasteiger partial charge in [-0.25, -0.2) is 4.79 Å². The van der Waals surface area contributed by atoms with Crippen molar-refractivity contribution in [2.75, 3.05) is 6.61 Å². The van der Waals surface area contributed by atoms with Crippen molar-refractivity contribution in [3.63, 3.8) is 0 Å². The molecule has 1 aliphatic rings. The van der Waals surface area contributed by atoms with Gasteiger partial charge in [-0.15, -0.1) is 0 Å². The van der Waals surface area contributed by atoms with Crippen molar-refractivity contribution in [2.24, 2.45) is 0 Å². The molecule has 1 unspecified atom stereocenters. The van der Waals surface area contributed by atoms with E-state index in [-0.39, 0.29) is 0 Å². The Labute approximate surface area is 123 Å². The van der Waals surface area contributed by atoms with Crippen LogP contribution in [0.15, 0.2) is 0 Å². The molecule has 0 aromatic heterocycles. The van der Waals surface area contributed by atoms with Crippen molar-refractivity contribution in [3.8, 4) is 0 Å². The van der Waals surface area contributed by atoms with Gasteiger partial charge in [-0.2, -0.15) is 0 Å². The molecule has 8 atom stereocenters. The van der Waals surface area contributed by atoms with Crippen molar-refractivity contribution in [3.05, 3.63) is 0 Å². The van der Waals surface area contributed by atoms with Crippen molar-refractivity contribution < 1.29 is 55.2 Å². The average molecular weight is 326 g/mol. The minimum atomic E-state index is -2.46. The van der Waals surface area contributed by atoms with Crippen molar-refractivity contribution in [1.29, 1.82) is 0 Å². The summed E-state index contributed by atoms with van der Waals surface area (Å²) in [5, 5.41) is 74.2. The van der Waals surface area contributed by atoms with Crippen LogP contribution in [0.3, 0.4) is 0 Å². The second-order valence-electron chi connectivity index (χ2n) is 4.91. The van der Waals surface area contributed by atoms with E-state index in [4.69, 9.17) is 14.9 Å². The number of rotatable bonds is 6. The second kappa shape index (κ2) is 7.39.